The average Bonchev–Trinajstić information content (AvgIpc) is 2.65. The van der Waals surface area contributed by atoms with Crippen LogP contribution in [0.15, 0.2) is 46.9 Å². The molecule has 0 aliphatic carbocycles. The van der Waals surface area contributed by atoms with Gasteiger partial charge in [0.1, 0.15) is 12.4 Å². The molecule has 0 radical (unpaired) electrons. The van der Waals surface area contributed by atoms with E-state index >= 15 is 0 Å². The molecular formula is C19H19BrN2O5. The number of nitrogens with one attached hydrogen (secondary N) is 1. The molecule has 2 aromatic carbocycles. The zero-order valence-corrected chi connectivity index (χ0v) is 16.5. The molecule has 0 aromatic heterocycles. The number of nitro groups is 1. The first-order valence-electron chi connectivity index (χ1n) is 8.31. The van der Waals surface area contributed by atoms with Gasteiger partial charge >= 0.3 is 0 Å². The minimum absolute atomic E-state index is 0.125. The summed E-state index contributed by atoms with van der Waals surface area (Å²) in [5.41, 5.74) is 0.754. The first-order valence-corrected chi connectivity index (χ1v) is 9.11. The SMILES string of the molecule is CCC(=O)NC(=O)C(C)c1c(OCc2ccccc2)cc(Br)cc1[N+](=O)[O-]. The number of hydrogen-bond acceptors (Lipinski definition) is 5. The maximum atomic E-state index is 12.4. The van der Waals surface area contributed by atoms with Crippen molar-refractivity contribution in [2.45, 2.75) is 32.8 Å². The van der Waals surface area contributed by atoms with Crippen molar-refractivity contribution in [3.8, 4) is 5.75 Å². The lowest BCUT2D eigenvalue weighted by Crippen LogP contribution is -2.33. The molecule has 1 unspecified atom stereocenters. The summed E-state index contributed by atoms with van der Waals surface area (Å²) in [6.45, 7) is 3.30. The van der Waals surface area contributed by atoms with E-state index in [0.717, 1.165) is 5.56 Å². The molecule has 27 heavy (non-hydrogen) atoms. The second-order valence-corrected chi connectivity index (χ2v) is 6.77. The zero-order valence-electron chi connectivity index (χ0n) is 14.9. The molecule has 142 valence electrons. The number of nitrogens with zero attached hydrogens (tertiary/aromatic N) is 1. The molecule has 0 heterocycles. The molecule has 2 amide bonds. The van der Waals surface area contributed by atoms with Crippen LogP contribution in [0.3, 0.4) is 0 Å². The summed E-state index contributed by atoms with van der Waals surface area (Å²) < 4.78 is 6.25. The molecule has 0 aliphatic heterocycles. The largest absolute Gasteiger partial charge is 0.488 e. The van der Waals surface area contributed by atoms with Gasteiger partial charge in [-0.25, -0.2) is 0 Å². The van der Waals surface area contributed by atoms with E-state index < -0.39 is 22.7 Å². The van der Waals surface area contributed by atoms with Gasteiger partial charge in [0.25, 0.3) is 5.69 Å². The summed E-state index contributed by atoms with van der Waals surface area (Å²) in [5, 5.41) is 13.8. The van der Waals surface area contributed by atoms with E-state index in [1.807, 2.05) is 30.3 Å². The normalized spacial score (nSPS) is 11.5. The number of amides is 2. The summed E-state index contributed by atoms with van der Waals surface area (Å²) in [4.78, 5) is 34.9. The van der Waals surface area contributed by atoms with Crippen LogP contribution in [0, 0.1) is 10.1 Å². The molecule has 2 rings (SSSR count). The number of carbonyl (C=O) groups excluding carboxylic acids is 2. The predicted molar refractivity (Wildman–Crippen MR) is 103 cm³/mol. The lowest BCUT2D eigenvalue weighted by Gasteiger charge is -2.17. The van der Waals surface area contributed by atoms with Crippen LogP contribution in [0.4, 0.5) is 5.69 Å². The van der Waals surface area contributed by atoms with Crippen molar-refractivity contribution in [3.05, 3.63) is 68.2 Å². The molecule has 2 aromatic rings. The highest BCUT2D eigenvalue weighted by molar-refractivity contribution is 9.10. The van der Waals surface area contributed by atoms with Crippen molar-refractivity contribution in [2.75, 3.05) is 0 Å². The number of ether oxygens (including phenoxy) is 1. The summed E-state index contributed by atoms with van der Waals surface area (Å²) in [6.07, 6.45) is 0.137. The van der Waals surface area contributed by atoms with Gasteiger partial charge in [-0.2, -0.15) is 0 Å². The molecule has 0 bridgehead atoms. The maximum Gasteiger partial charge on any atom is 0.278 e. The highest BCUT2D eigenvalue weighted by Crippen LogP contribution is 2.38. The van der Waals surface area contributed by atoms with Gasteiger partial charge in [0.05, 0.1) is 16.4 Å². The van der Waals surface area contributed by atoms with Crippen molar-refractivity contribution in [2.24, 2.45) is 0 Å². The maximum absolute atomic E-state index is 12.4. The van der Waals surface area contributed by atoms with Gasteiger partial charge in [0.15, 0.2) is 0 Å². The Bertz CT molecular complexity index is 855. The van der Waals surface area contributed by atoms with Crippen molar-refractivity contribution >= 4 is 33.4 Å². The van der Waals surface area contributed by atoms with Crippen molar-refractivity contribution < 1.29 is 19.2 Å². The van der Waals surface area contributed by atoms with Crippen LogP contribution in [0.2, 0.25) is 0 Å². The van der Waals surface area contributed by atoms with E-state index in [1.54, 1.807) is 13.0 Å². The smallest absolute Gasteiger partial charge is 0.278 e. The fourth-order valence-electron chi connectivity index (χ4n) is 2.49. The average molecular weight is 435 g/mol. The van der Waals surface area contributed by atoms with Gasteiger partial charge in [-0.1, -0.05) is 53.2 Å². The molecular weight excluding hydrogens is 416 g/mol. The Hall–Kier alpha value is -2.74. The van der Waals surface area contributed by atoms with E-state index in [1.165, 1.54) is 13.0 Å². The number of halogens is 1. The zero-order chi connectivity index (χ0) is 20.0. The van der Waals surface area contributed by atoms with Crippen LogP contribution >= 0.6 is 15.9 Å². The van der Waals surface area contributed by atoms with Gasteiger partial charge in [-0.05, 0) is 18.6 Å². The van der Waals surface area contributed by atoms with Crippen LogP contribution in [-0.4, -0.2) is 16.7 Å². The minimum atomic E-state index is -0.945. The van der Waals surface area contributed by atoms with E-state index in [0.29, 0.717) is 4.47 Å². The number of imide groups is 1. The molecule has 0 saturated carbocycles. The monoisotopic (exact) mass is 434 g/mol. The van der Waals surface area contributed by atoms with E-state index in [2.05, 4.69) is 21.2 Å². The van der Waals surface area contributed by atoms with Crippen LogP contribution < -0.4 is 10.1 Å². The molecule has 8 heteroatoms. The fraction of sp³-hybridized carbons (Fsp3) is 0.263. The Morgan fingerprint density at radius 1 is 1.26 bits per heavy atom. The third-order valence-corrected chi connectivity index (χ3v) is 4.39. The van der Waals surface area contributed by atoms with Gasteiger partial charge < -0.3 is 4.74 Å². The van der Waals surface area contributed by atoms with Crippen LogP contribution in [0.1, 0.15) is 37.3 Å². The standard InChI is InChI=1S/C19H19BrN2O5/c1-3-17(23)21-19(24)12(2)18-15(22(25)26)9-14(20)10-16(18)27-11-13-7-5-4-6-8-13/h4-10,12H,3,11H2,1-2H3,(H,21,23,24). The molecule has 1 atom stereocenters. The molecule has 0 fully saturated rings. The fourth-order valence-corrected chi connectivity index (χ4v) is 2.91. The second kappa shape index (κ2) is 9.27. The number of benzene rings is 2. The Labute approximate surface area is 165 Å². The Morgan fingerprint density at radius 2 is 1.93 bits per heavy atom. The van der Waals surface area contributed by atoms with Crippen LogP contribution in [0.5, 0.6) is 5.75 Å². The Morgan fingerprint density at radius 3 is 2.52 bits per heavy atom. The number of hydrogen-bond donors (Lipinski definition) is 1. The molecule has 0 aliphatic rings. The van der Waals surface area contributed by atoms with E-state index in [9.17, 15) is 19.7 Å². The summed E-state index contributed by atoms with van der Waals surface area (Å²) in [5.74, 6) is -1.79. The van der Waals surface area contributed by atoms with E-state index in [-0.39, 0.29) is 30.0 Å². The second-order valence-electron chi connectivity index (χ2n) is 5.86. The van der Waals surface area contributed by atoms with Crippen LogP contribution in [0.25, 0.3) is 0 Å². The van der Waals surface area contributed by atoms with Crippen molar-refractivity contribution in [1.82, 2.24) is 5.32 Å². The highest BCUT2D eigenvalue weighted by atomic mass is 79.9. The van der Waals surface area contributed by atoms with Crippen molar-refractivity contribution in [3.63, 3.8) is 0 Å². The van der Waals surface area contributed by atoms with E-state index in [4.69, 9.17) is 4.74 Å². The predicted octanol–water partition coefficient (Wildman–Crippen LogP) is 4.09. The highest BCUT2D eigenvalue weighted by Gasteiger charge is 2.30. The Kier molecular flexibility index (Phi) is 7.06. The third kappa shape index (κ3) is 5.37. The van der Waals surface area contributed by atoms with Crippen molar-refractivity contribution in [1.29, 1.82) is 0 Å². The first-order chi connectivity index (χ1) is 12.8. The lowest BCUT2D eigenvalue weighted by atomic mass is 9.97. The van der Waals surface area contributed by atoms with Gasteiger partial charge in [-0.15, -0.1) is 0 Å². The lowest BCUT2D eigenvalue weighted by molar-refractivity contribution is -0.385. The summed E-state index contributed by atoms with van der Waals surface area (Å²) in [6, 6.07) is 12.2. The minimum Gasteiger partial charge on any atom is -0.488 e. The van der Waals surface area contributed by atoms with Gasteiger partial charge in [0, 0.05) is 17.0 Å². The first kappa shape index (κ1) is 20.6. The molecule has 0 spiro atoms. The van der Waals surface area contributed by atoms with Gasteiger partial charge in [-0.3, -0.25) is 25.0 Å². The third-order valence-electron chi connectivity index (χ3n) is 3.93. The summed E-state index contributed by atoms with van der Waals surface area (Å²) >= 11 is 3.24. The summed E-state index contributed by atoms with van der Waals surface area (Å²) in [7, 11) is 0. The van der Waals surface area contributed by atoms with Crippen LogP contribution in [-0.2, 0) is 16.2 Å². The number of nitro benzene ring substituents is 1. The topological polar surface area (TPSA) is 98.5 Å². The molecule has 0 saturated heterocycles. The molecule has 1 N–H and O–H groups in total. The number of rotatable bonds is 7. The Balaban J connectivity index is 2.41. The molecule has 7 nitrogen and oxygen atoms in total. The quantitative estimate of drug-likeness (QED) is 0.522. The van der Waals surface area contributed by atoms with Gasteiger partial charge in [0.2, 0.25) is 11.8 Å². The number of carbonyl (C=O) groups is 2.